The van der Waals surface area contributed by atoms with Gasteiger partial charge >= 0.3 is 0 Å². The predicted octanol–water partition coefficient (Wildman–Crippen LogP) is 4.94. The molecule has 0 aliphatic rings. The van der Waals surface area contributed by atoms with Gasteiger partial charge in [-0.2, -0.15) is 0 Å². The third-order valence-corrected chi connectivity index (χ3v) is 4.68. The fourth-order valence-electron chi connectivity index (χ4n) is 3.20. The molecule has 2 aromatic carbocycles. The minimum Gasteiger partial charge on any atom is -0.497 e. The number of nitrogens with zero attached hydrogens (tertiary/aromatic N) is 1. The molecule has 0 bridgehead atoms. The lowest BCUT2D eigenvalue weighted by molar-refractivity contribution is 0.0938. The Morgan fingerprint density at radius 3 is 2.66 bits per heavy atom. The van der Waals surface area contributed by atoms with Crippen molar-refractivity contribution in [3.8, 4) is 34.3 Å². The van der Waals surface area contributed by atoms with E-state index in [1.54, 1.807) is 32.5 Å². The first kappa shape index (κ1) is 20.5. The van der Waals surface area contributed by atoms with Crippen LogP contribution in [-0.4, -0.2) is 31.2 Å². The van der Waals surface area contributed by atoms with Gasteiger partial charge in [0.05, 0.1) is 31.5 Å². The standard InChI is InChI=1S/C23H26N2O4/c1-5-8-15(2)25-22(26)17-9-6-7-10-18(17)23-24-14-21(29-23)19-12-11-16(27-3)13-20(19)28-4/h6-7,9-15H,5,8H2,1-4H3,(H,25,26)/t15-/m1/s1. The number of hydrogen-bond acceptors (Lipinski definition) is 5. The van der Waals surface area contributed by atoms with Gasteiger partial charge < -0.3 is 19.2 Å². The number of hydrogen-bond donors (Lipinski definition) is 1. The Morgan fingerprint density at radius 1 is 1.14 bits per heavy atom. The fourth-order valence-corrected chi connectivity index (χ4v) is 3.20. The van der Waals surface area contributed by atoms with Crippen LogP contribution in [-0.2, 0) is 0 Å². The number of aromatic nitrogens is 1. The molecule has 0 fully saturated rings. The van der Waals surface area contributed by atoms with Crippen LogP contribution >= 0.6 is 0 Å². The SMILES string of the molecule is CCC[C@@H](C)NC(=O)c1ccccc1-c1ncc(-c2ccc(OC)cc2OC)o1. The van der Waals surface area contributed by atoms with Crippen LogP contribution in [0.15, 0.2) is 53.1 Å². The molecular weight excluding hydrogens is 368 g/mol. The van der Waals surface area contributed by atoms with Crippen LogP contribution in [0.2, 0.25) is 0 Å². The summed E-state index contributed by atoms with van der Waals surface area (Å²) in [6, 6.07) is 12.9. The lowest BCUT2D eigenvalue weighted by Crippen LogP contribution is -2.32. The molecule has 1 atom stereocenters. The Hall–Kier alpha value is -3.28. The van der Waals surface area contributed by atoms with E-state index in [1.165, 1.54) is 0 Å². The Morgan fingerprint density at radius 2 is 1.93 bits per heavy atom. The number of nitrogens with one attached hydrogen (secondary N) is 1. The van der Waals surface area contributed by atoms with Gasteiger partial charge in [0, 0.05) is 17.7 Å². The van der Waals surface area contributed by atoms with E-state index in [0.717, 1.165) is 18.4 Å². The molecule has 1 heterocycles. The maximum atomic E-state index is 12.8. The van der Waals surface area contributed by atoms with Gasteiger partial charge in [-0.3, -0.25) is 4.79 Å². The Bertz CT molecular complexity index is 981. The van der Waals surface area contributed by atoms with E-state index in [-0.39, 0.29) is 11.9 Å². The lowest BCUT2D eigenvalue weighted by Gasteiger charge is -2.14. The van der Waals surface area contributed by atoms with Crippen LogP contribution in [0.1, 0.15) is 37.0 Å². The number of benzene rings is 2. The van der Waals surface area contributed by atoms with Crippen molar-refractivity contribution in [3.05, 3.63) is 54.2 Å². The number of ether oxygens (including phenoxy) is 2. The van der Waals surface area contributed by atoms with Gasteiger partial charge in [-0.1, -0.05) is 25.5 Å². The monoisotopic (exact) mass is 394 g/mol. The zero-order valence-corrected chi connectivity index (χ0v) is 17.2. The Labute approximate surface area is 170 Å². The van der Waals surface area contributed by atoms with Gasteiger partial charge in [0.25, 0.3) is 5.91 Å². The molecule has 29 heavy (non-hydrogen) atoms. The number of rotatable bonds is 8. The van der Waals surface area contributed by atoms with Crippen molar-refractivity contribution in [3.63, 3.8) is 0 Å². The second-order valence-electron chi connectivity index (χ2n) is 6.80. The maximum Gasteiger partial charge on any atom is 0.252 e. The number of methoxy groups -OCH3 is 2. The van der Waals surface area contributed by atoms with Crippen LogP contribution in [0.25, 0.3) is 22.8 Å². The molecule has 0 aliphatic carbocycles. The van der Waals surface area contributed by atoms with Gasteiger partial charge in [0.15, 0.2) is 5.76 Å². The third kappa shape index (κ3) is 4.59. The summed E-state index contributed by atoms with van der Waals surface area (Å²) in [5.41, 5.74) is 1.93. The molecule has 0 spiro atoms. The summed E-state index contributed by atoms with van der Waals surface area (Å²) in [5, 5.41) is 3.03. The topological polar surface area (TPSA) is 73.6 Å². The smallest absolute Gasteiger partial charge is 0.252 e. The highest BCUT2D eigenvalue weighted by atomic mass is 16.5. The lowest BCUT2D eigenvalue weighted by atomic mass is 10.1. The first-order chi connectivity index (χ1) is 14.1. The van der Waals surface area contributed by atoms with Crippen LogP contribution in [0.5, 0.6) is 11.5 Å². The second kappa shape index (κ2) is 9.28. The summed E-state index contributed by atoms with van der Waals surface area (Å²) in [5.74, 6) is 2.10. The Balaban J connectivity index is 1.93. The van der Waals surface area contributed by atoms with Gasteiger partial charge in [-0.05, 0) is 37.6 Å². The zero-order chi connectivity index (χ0) is 20.8. The maximum absolute atomic E-state index is 12.8. The number of carbonyl (C=O) groups excluding carboxylic acids is 1. The molecule has 0 saturated carbocycles. The van der Waals surface area contributed by atoms with Gasteiger partial charge in [0.1, 0.15) is 11.5 Å². The molecule has 1 aromatic heterocycles. The van der Waals surface area contributed by atoms with Crippen LogP contribution in [0.4, 0.5) is 0 Å². The van der Waals surface area contributed by atoms with E-state index < -0.39 is 0 Å². The molecule has 3 aromatic rings. The fraction of sp³-hybridized carbons (Fsp3) is 0.304. The van der Waals surface area contributed by atoms with Crippen molar-refractivity contribution in [1.29, 1.82) is 0 Å². The van der Waals surface area contributed by atoms with Crippen molar-refractivity contribution in [2.75, 3.05) is 14.2 Å². The number of oxazole rings is 1. The zero-order valence-electron chi connectivity index (χ0n) is 17.2. The van der Waals surface area contributed by atoms with E-state index in [1.807, 2.05) is 37.3 Å². The van der Waals surface area contributed by atoms with E-state index in [0.29, 0.717) is 34.3 Å². The average Bonchev–Trinajstić information content (AvgIpc) is 3.23. The van der Waals surface area contributed by atoms with Crippen LogP contribution in [0.3, 0.4) is 0 Å². The van der Waals surface area contributed by atoms with E-state index in [4.69, 9.17) is 13.9 Å². The minimum absolute atomic E-state index is 0.101. The summed E-state index contributed by atoms with van der Waals surface area (Å²) in [6.07, 6.45) is 3.57. The van der Waals surface area contributed by atoms with Crippen LogP contribution < -0.4 is 14.8 Å². The Kier molecular flexibility index (Phi) is 6.54. The summed E-state index contributed by atoms with van der Waals surface area (Å²) < 4.78 is 16.7. The van der Waals surface area contributed by atoms with E-state index in [2.05, 4.69) is 17.2 Å². The average molecular weight is 394 g/mol. The molecule has 0 unspecified atom stereocenters. The van der Waals surface area contributed by atoms with Crippen molar-refractivity contribution in [1.82, 2.24) is 10.3 Å². The van der Waals surface area contributed by atoms with E-state index in [9.17, 15) is 4.79 Å². The molecule has 1 amide bonds. The van der Waals surface area contributed by atoms with Crippen LogP contribution in [0, 0.1) is 0 Å². The number of carbonyl (C=O) groups is 1. The molecular formula is C23H26N2O4. The molecule has 6 heteroatoms. The van der Waals surface area contributed by atoms with E-state index >= 15 is 0 Å². The molecule has 0 aliphatic heterocycles. The molecule has 6 nitrogen and oxygen atoms in total. The molecule has 152 valence electrons. The molecule has 0 radical (unpaired) electrons. The first-order valence-corrected chi connectivity index (χ1v) is 9.65. The summed E-state index contributed by atoms with van der Waals surface area (Å²) in [4.78, 5) is 17.2. The van der Waals surface area contributed by atoms with Crippen molar-refractivity contribution >= 4 is 5.91 Å². The van der Waals surface area contributed by atoms with Gasteiger partial charge in [-0.25, -0.2) is 4.98 Å². The molecule has 3 rings (SSSR count). The summed E-state index contributed by atoms with van der Waals surface area (Å²) in [7, 11) is 3.19. The number of amides is 1. The summed E-state index contributed by atoms with van der Waals surface area (Å²) >= 11 is 0. The normalized spacial score (nSPS) is 11.7. The van der Waals surface area contributed by atoms with Crippen molar-refractivity contribution in [2.45, 2.75) is 32.7 Å². The third-order valence-electron chi connectivity index (χ3n) is 4.68. The molecule has 1 N–H and O–H groups in total. The quantitative estimate of drug-likeness (QED) is 0.585. The minimum atomic E-state index is -0.136. The molecule has 0 saturated heterocycles. The first-order valence-electron chi connectivity index (χ1n) is 9.65. The van der Waals surface area contributed by atoms with Gasteiger partial charge in [-0.15, -0.1) is 0 Å². The highest BCUT2D eigenvalue weighted by Crippen LogP contribution is 2.35. The highest BCUT2D eigenvalue weighted by molar-refractivity contribution is 6.00. The van der Waals surface area contributed by atoms with Crippen molar-refractivity contribution < 1.29 is 18.7 Å². The highest BCUT2D eigenvalue weighted by Gasteiger charge is 2.19. The van der Waals surface area contributed by atoms with Gasteiger partial charge in [0.2, 0.25) is 5.89 Å². The van der Waals surface area contributed by atoms with Crippen molar-refractivity contribution in [2.24, 2.45) is 0 Å². The largest absolute Gasteiger partial charge is 0.497 e. The predicted molar refractivity (Wildman–Crippen MR) is 112 cm³/mol. The summed E-state index contributed by atoms with van der Waals surface area (Å²) in [6.45, 7) is 4.10. The second-order valence-corrected chi connectivity index (χ2v) is 6.80.